The molecule has 8 heteroatoms. The number of ether oxygens (including phenoxy) is 1. The molecule has 2 aliphatic rings. The molecule has 1 fully saturated rings. The van der Waals surface area contributed by atoms with Crippen LogP contribution in [0.3, 0.4) is 0 Å². The number of hydrogen-bond donors (Lipinski definition) is 0. The zero-order chi connectivity index (χ0) is 22.8. The maximum absolute atomic E-state index is 13.3. The van der Waals surface area contributed by atoms with Crippen molar-refractivity contribution in [3.8, 4) is 11.3 Å². The van der Waals surface area contributed by atoms with Crippen LogP contribution in [0.1, 0.15) is 46.3 Å². The molecule has 1 saturated heterocycles. The number of aromatic nitrogens is 3. The summed E-state index contributed by atoms with van der Waals surface area (Å²) in [4.78, 5) is 21.9. The quantitative estimate of drug-likeness (QED) is 0.595. The smallest absolute Gasteiger partial charge is 0.276 e. The van der Waals surface area contributed by atoms with Crippen LogP contribution in [0.25, 0.3) is 11.3 Å². The van der Waals surface area contributed by atoms with Gasteiger partial charge >= 0.3 is 0 Å². The van der Waals surface area contributed by atoms with Gasteiger partial charge in [-0.3, -0.25) is 14.4 Å². The highest BCUT2D eigenvalue weighted by atomic mass is 16.5. The number of carbonyl (C=O) groups is 1. The molecule has 0 unspecified atom stereocenters. The Bertz CT molecular complexity index is 1140. The first-order chi connectivity index (χ1) is 16.1. The number of amides is 1. The summed E-state index contributed by atoms with van der Waals surface area (Å²) < 4.78 is 13.5. The summed E-state index contributed by atoms with van der Waals surface area (Å²) in [7, 11) is 0. The molecule has 2 aromatic heterocycles. The molecule has 0 atom stereocenters. The van der Waals surface area contributed by atoms with Crippen molar-refractivity contribution in [1.82, 2.24) is 24.6 Å². The SMILES string of the molecule is CCn1nc(CN2CCCN(C(=O)c3ncoc3-c3cccc(C)c3)CC2)c2c1CCOC2. The zero-order valence-corrected chi connectivity index (χ0v) is 19.4. The Hall–Kier alpha value is -2.97. The minimum Gasteiger partial charge on any atom is -0.443 e. The van der Waals surface area contributed by atoms with Crippen molar-refractivity contribution in [3.63, 3.8) is 0 Å². The second kappa shape index (κ2) is 9.49. The average Bonchev–Trinajstić information content (AvgIpc) is 3.38. The van der Waals surface area contributed by atoms with Crippen LogP contribution in [0.4, 0.5) is 0 Å². The number of oxazole rings is 1. The van der Waals surface area contributed by atoms with Crippen LogP contribution in [0, 0.1) is 6.92 Å². The second-order valence-corrected chi connectivity index (χ2v) is 8.81. The van der Waals surface area contributed by atoms with Gasteiger partial charge in [0, 0.05) is 62.5 Å². The molecule has 0 bridgehead atoms. The molecule has 5 rings (SSSR count). The van der Waals surface area contributed by atoms with Crippen LogP contribution >= 0.6 is 0 Å². The zero-order valence-electron chi connectivity index (χ0n) is 19.4. The third-order valence-electron chi connectivity index (χ3n) is 6.58. The summed E-state index contributed by atoms with van der Waals surface area (Å²) in [5, 5.41) is 4.87. The van der Waals surface area contributed by atoms with Gasteiger partial charge in [0.05, 0.1) is 18.9 Å². The van der Waals surface area contributed by atoms with E-state index < -0.39 is 0 Å². The molecule has 0 radical (unpaired) electrons. The number of fused-ring (bicyclic) bond motifs is 1. The Kier molecular flexibility index (Phi) is 6.28. The molecule has 1 amide bonds. The molecule has 8 nitrogen and oxygen atoms in total. The maximum Gasteiger partial charge on any atom is 0.276 e. The van der Waals surface area contributed by atoms with Crippen molar-refractivity contribution in [1.29, 1.82) is 0 Å². The highest BCUT2D eigenvalue weighted by molar-refractivity contribution is 5.97. The lowest BCUT2D eigenvalue weighted by Gasteiger charge is -2.22. The van der Waals surface area contributed by atoms with Gasteiger partial charge in [-0.25, -0.2) is 4.98 Å². The van der Waals surface area contributed by atoms with Gasteiger partial charge in [-0.1, -0.05) is 23.8 Å². The van der Waals surface area contributed by atoms with E-state index in [9.17, 15) is 4.79 Å². The normalized spacial score (nSPS) is 17.1. The van der Waals surface area contributed by atoms with Gasteiger partial charge in [0.2, 0.25) is 0 Å². The maximum atomic E-state index is 13.3. The molecule has 1 aromatic carbocycles. The predicted molar refractivity (Wildman–Crippen MR) is 124 cm³/mol. The highest BCUT2D eigenvalue weighted by Gasteiger charge is 2.27. The molecule has 0 N–H and O–H groups in total. The Morgan fingerprint density at radius 1 is 1.18 bits per heavy atom. The first-order valence-corrected chi connectivity index (χ1v) is 11.8. The molecule has 2 aliphatic heterocycles. The minimum absolute atomic E-state index is 0.0665. The summed E-state index contributed by atoms with van der Waals surface area (Å²) in [6, 6.07) is 7.96. The lowest BCUT2D eigenvalue weighted by molar-refractivity contribution is 0.0756. The standard InChI is InChI=1S/C25H31N5O3/c1-3-30-22-8-13-32-16-20(22)21(27-30)15-28-9-5-10-29(12-11-28)25(31)23-24(33-17-26-23)19-7-4-6-18(2)14-19/h4,6-7,14,17H,3,5,8-13,15-16H2,1-2H3. The van der Waals surface area contributed by atoms with Gasteiger partial charge in [0.25, 0.3) is 5.91 Å². The number of hydrogen-bond acceptors (Lipinski definition) is 6. The van der Waals surface area contributed by atoms with Gasteiger partial charge < -0.3 is 14.1 Å². The van der Waals surface area contributed by atoms with Gasteiger partial charge in [-0.2, -0.15) is 5.10 Å². The van der Waals surface area contributed by atoms with Crippen LogP contribution < -0.4 is 0 Å². The molecular formula is C25H31N5O3. The topological polar surface area (TPSA) is 76.6 Å². The molecular weight excluding hydrogens is 418 g/mol. The monoisotopic (exact) mass is 449 g/mol. The van der Waals surface area contributed by atoms with E-state index in [1.165, 1.54) is 17.7 Å². The van der Waals surface area contributed by atoms with Crippen molar-refractivity contribution >= 4 is 5.91 Å². The van der Waals surface area contributed by atoms with E-state index in [1.807, 2.05) is 36.1 Å². The van der Waals surface area contributed by atoms with Crippen molar-refractivity contribution in [2.45, 2.75) is 46.4 Å². The highest BCUT2D eigenvalue weighted by Crippen LogP contribution is 2.26. The first kappa shape index (κ1) is 21.9. The Balaban J connectivity index is 1.28. The largest absolute Gasteiger partial charge is 0.443 e. The van der Waals surface area contributed by atoms with Crippen LogP contribution in [0.2, 0.25) is 0 Å². The fourth-order valence-corrected chi connectivity index (χ4v) is 4.85. The average molecular weight is 450 g/mol. The van der Waals surface area contributed by atoms with E-state index in [2.05, 4.69) is 21.5 Å². The molecule has 0 aliphatic carbocycles. The second-order valence-electron chi connectivity index (χ2n) is 8.81. The third kappa shape index (κ3) is 4.45. The molecule has 4 heterocycles. The molecule has 174 valence electrons. The van der Waals surface area contributed by atoms with Gasteiger partial charge in [0.15, 0.2) is 17.8 Å². The van der Waals surface area contributed by atoms with E-state index in [-0.39, 0.29) is 5.91 Å². The Morgan fingerprint density at radius 3 is 2.94 bits per heavy atom. The van der Waals surface area contributed by atoms with E-state index in [0.29, 0.717) is 31.2 Å². The number of rotatable bonds is 5. The van der Waals surface area contributed by atoms with Gasteiger partial charge in [0.1, 0.15) is 0 Å². The van der Waals surface area contributed by atoms with Crippen LogP contribution in [0.15, 0.2) is 35.1 Å². The summed E-state index contributed by atoms with van der Waals surface area (Å²) >= 11 is 0. The Morgan fingerprint density at radius 2 is 2.09 bits per heavy atom. The lowest BCUT2D eigenvalue weighted by Crippen LogP contribution is -2.35. The summed E-state index contributed by atoms with van der Waals surface area (Å²) in [5.41, 5.74) is 6.08. The fraction of sp³-hybridized carbons (Fsp3) is 0.480. The Labute approximate surface area is 194 Å². The van der Waals surface area contributed by atoms with Crippen molar-refractivity contribution in [2.75, 3.05) is 32.8 Å². The fourth-order valence-electron chi connectivity index (χ4n) is 4.85. The number of aryl methyl sites for hydroxylation is 2. The predicted octanol–water partition coefficient (Wildman–Crippen LogP) is 3.29. The molecule has 0 spiro atoms. The number of nitrogens with zero attached hydrogens (tertiary/aromatic N) is 5. The lowest BCUT2D eigenvalue weighted by atomic mass is 10.1. The van der Waals surface area contributed by atoms with E-state index in [4.69, 9.17) is 14.3 Å². The molecule has 3 aromatic rings. The molecule has 33 heavy (non-hydrogen) atoms. The van der Waals surface area contributed by atoms with Crippen molar-refractivity contribution in [3.05, 3.63) is 58.9 Å². The van der Waals surface area contributed by atoms with Crippen molar-refractivity contribution < 1.29 is 13.9 Å². The van der Waals surface area contributed by atoms with Gasteiger partial charge in [-0.15, -0.1) is 0 Å². The van der Waals surface area contributed by atoms with E-state index in [0.717, 1.165) is 62.4 Å². The number of carbonyl (C=O) groups excluding carboxylic acids is 1. The minimum atomic E-state index is -0.0665. The number of benzene rings is 1. The third-order valence-corrected chi connectivity index (χ3v) is 6.58. The van der Waals surface area contributed by atoms with E-state index >= 15 is 0 Å². The van der Waals surface area contributed by atoms with Crippen LogP contribution in [-0.4, -0.2) is 63.3 Å². The summed E-state index contributed by atoms with van der Waals surface area (Å²) in [5.74, 6) is 0.477. The summed E-state index contributed by atoms with van der Waals surface area (Å²) in [6.07, 6.45) is 3.21. The van der Waals surface area contributed by atoms with Crippen molar-refractivity contribution in [2.24, 2.45) is 0 Å². The van der Waals surface area contributed by atoms with E-state index in [1.54, 1.807) is 0 Å². The first-order valence-electron chi connectivity index (χ1n) is 11.8. The summed E-state index contributed by atoms with van der Waals surface area (Å²) in [6.45, 7) is 10.4. The molecule has 0 saturated carbocycles. The van der Waals surface area contributed by atoms with Crippen LogP contribution in [-0.2, 0) is 30.9 Å². The van der Waals surface area contributed by atoms with Gasteiger partial charge in [-0.05, 0) is 26.3 Å². The van der Waals surface area contributed by atoms with Crippen LogP contribution in [0.5, 0.6) is 0 Å².